The van der Waals surface area contributed by atoms with Gasteiger partial charge in [0, 0.05) is 24.2 Å². The molecule has 132 valence electrons. The van der Waals surface area contributed by atoms with Gasteiger partial charge in [-0.25, -0.2) is 9.97 Å². The monoisotopic (exact) mass is 357 g/mol. The van der Waals surface area contributed by atoms with Crippen LogP contribution in [0.5, 0.6) is 6.01 Å². The summed E-state index contributed by atoms with van der Waals surface area (Å²) in [7, 11) is 0. The molecule has 1 aromatic heterocycles. The lowest BCUT2D eigenvalue weighted by Crippen LogP contribution is -2.40. The van der Waals surface area contributed by atoms with Gasteiger partial charge in [0.05, 0.1) is 5.75 Å². The van der Waals surface area contributed by atoms with Crippen molar-refractivity contribution in [1.82, 2.24) is 15.3 Å². The molecule has 1 N–H and O–H groups in total. The molecule has 6 heteroatoms. The van der Waals surface area contributed by atoms with Crippen LogP contribution in [0.3, 0.4) is 0 Å². The lowest BCUT2D eigenvalue weighted by molar-refractivity contribution is -0.119. The van der Waals surface area contributed by atoms with E-state index in [1.165, 1.54) is 5.56 Å². The Morgan fingerprint density at radius 1 is 1.08 bits per heavy atom. The molecule has 5 nitrogen and oxygen atoms in total. The van der Waals surface area contributed by atoms with Gasteiger partial charge >= 0.3 is 6.01 Å². The Morgan fingerprint density at radius 3 is 2.52 bits per heavy atom. The maximum Gasteiger partial charge on any atom is 0.316 e. The number of amides is 1. The van der Waals surface area contributed by atoms with E-state index in [0.717, 1.165) is 31.4 Å². The summed E-state index contributed by atoms with van der Waals surface area (Å²) in [6.45, 7) is 0. The van der Waals surface area contributed by atoms with Gasteiger partial charge in [0.25, 0.3) is 0 Å². The number of thioether (sulfide) groups is 1. The third kappa shape index (κ3) is 6.05. The molecule has 0 radical (unpaired) electrons. The van der Waals surface area contributed by atoms with E-state index in [9.17, 15) is 4.79 Å². The number of hydrogen-bond donors (Lipinski definition) is 1. The lowest BCUT2D eigenvalue weighted by atomic mass is 9.93. The first-order valence-corrected chi connectivity index (χ1v) is 9.80. The van der Waals surface area contributed by atoms with Crippen molar-refractivity contribution in [2.24, 2.45) is 0 Å². The van der Waals surface area contributed by atoms with Gasteiger partial charge in [-0.05, 0) is 37.3 Å². The number of rotatable bonds is 7. The number of benzene rings is 1. The highest BCUT2D eigenvalue weighted by Crippen LogP contribution is 2.22. The molecule has 25 heavy (non-hydrogen) atoms. The normalized spacial score (nSPS) is 20.0. The summed E-state index contributed by atoms with van der Waals surface area (Å²) in [4.78, 5) is 20.3. The van der Waals surface area contributed by atoms with Crippen molar-refractivity contribution in [2.45, 2.75) is 43.6 Å². The number of hydrogen-bond acceptors (Lipinski definition) is 5. The molecular formula is C19H23N3O2S. The molecule has 1 fully saturated rings. The second kappa shape index (κ2) is 9.42. The van der Waals surface area contributed by atoms with E-state index >= 15 is 0 Å². The first-order valence-electron chi connectivity index (χ1n) is 8.64. The topological polar surface area (TPSA) is 64.1 Å². The van der Waals surface area contributed by atoms with Crippen molar-refractivity contribution in [3.63, 3.8) is 0 Å². The predicted octanol–water partition coefficient (Wildman–Crippen LogP) is 3.22. The first kappa shape index (κ1) is 17.7. The summed E-state index contributed by atoms with van der Waals surface area (Å²) in [5.74, 6) is 1.49. The van der Waals surface area contributed by atoms with Crippen LogP contribution in [0.15, 0.2) is 48.8 Å². The summed E-state index contributed by atoms with van der Waals surface area (Å²) in [6, 6.07) is 12.7. The number of nitrogens with zero attached hydrogens (tertiary/aromatic N) is 2. The number of carbonyl (C=O) groups excluding carboxylic acids is 1. The zero-order valence-corrected chi connectivity index (χ0v) is 15.0. The molecular weight excluding hydrogens is 334 g/mol. The second-order valence-electron chi connectivity index (χ2n) is 6.17. The number of nitrogens with one attached hydrogen (secondary N) is 1. The molecule has 1 aliphatic rings. The third-order valence-electron chi connectivity index (χ3n) is 4.20. The van der Waals surface area contributed by atoms with Gasteiger partial charge in [-0.2, -0.15) is 0 Å². The Morgan fingerprint density at radius 2 is 1.80 bits per heavy atom. The SMILES string of the molecule is O=C(CSCc1ccccc1)NC1CCC(Oc2ncccn2)CC1. The average molecular weight is 357 g/mol. The third-order valence-corrected chi connectivity index (χ3v) is 5.20. The van der Waals surface area contributed by atoms with Crippen molar-refractivity contribution in [1.29, 1.82) is 0 Å². The van der Waals surface area contributed by atoms with Gasteiger partial charge in [0.1, 0.15) is 6.10 Å². The van der Waals surface area contributed by atoms with E-state index in [0.29, 0.717) is 11.8 Å². The Labute approximate surface area is 152 Å². The zero-order valence-electron chi connectivity index (χ0n) is 14.1. The van der Waals surface area contributed by atoms with E-state index in [1.807, 2.05) is 18.2 Å². The van der Waals surface area contributed by atoms with Crippen molar-refractivity contribution in [3.8, 4) is 6.01 Å². The molecule has 0 unspecified atom stereocenters. The Bertz CT molecular complexity index is 646. The standard InChI is InChI=1S/C19H23N3O2S/c23-18(14-25-13-15-5-2-1-3-6-15)22-16-7-9-17(10-8-16)24-19-20-11-4-12-21-19/h1-6,11-12,16-17H,7-10,13-14H2,(H,22,23). The molecule has 1 aromatic carbocycles. The fourth-order valence-corrected chi connectivity index (χ4v) is 3.72. The summed E-state index contributed by atoms with van der Waals surface area (Å²) in [6.07, 6.45) is 7.21. The van der Waals surface area contributed by atoms with Crippen LogP contribution in [0.1, 0.15) is 31.2 Å². The molecule has 1 heterocycles. The number of aromatic nitrogens is 2. The quantitative estimate of drug-likeness (QED) is 0.824. The van der Waals surface area contributed by atoms with Crippen molar-refractivity contribution >= 4 is 17.7 Å². The smallest absolute Gasteiger partial charge is 0.316 e. The average Bonchev–Trinajstić information content (AvgIpc) is 2.65. The maximum atomic E-state index is 12.1. The first-order chi connectivity index (χ1) is 12.3. The second-order valence-corrected chi connectivity index (χ2v) is 7.15. The predicted molar refractivity (Wildman–Crippen MR) is 99.5 cm³/mol. The zero-order chi connectivity index (χ0) is 17.3. The van der Waals surface area contributed by atoms with Crippen LogP contribution in [0, 0.1) is 0 Å². The Balaban J connectivity index is 1.32. The van der Waals surface area contributed by atoms with E-state index in [2.05, 4.69) is 27.4 Å². The van der Waals surface area contributed by atoms with Crippen molar-refractivity contribution in [3.05, 3.63) is 54.4 Å². The summed E-state index contributed by atoms with van der Waals surface area (Å²) in [5.41, 5.74) is 1.25. The van der Waals surface area contributed by atoms with E-state index in [1.54, 1.807) is 30.2 Å². The highest BCUT2D eigenvalue weighted by Gasteiger charge is 2.24. The van der Waals surface area contributed by atoms with E-state index in [-0.39, 0.29) is 18.1 Å². The summed E-state index contributed by atoms with van der Waals surface area (Å²) >= 11 is 1.65. The van der Waals surface area contributed by atoms with Crippen LogP contribution in [-0.2, 0) is 10.5 Å². The molecule has 3 rings (SSSR count). The molecule has 2 aromatic rings. The van der Waals surface area contributed by atoms with Gasteiger partial charge < -0.3 is 10.1 Å². The molecule has 1 amide bonds. The molecule has 0 spiro atoms. The minimum absolute atomic E-state index is 0.122. The molecule has 1 aliphatic carbocycles. The van der Waals surface area contributed by atoms with Crippen LogP contribution in [0.2, 0.25) is 0 Å². The minimum Gasteiger partial charge on any atom is -0.460 e. The van der Waals surface area contributed by atoms with Gasteiger partial charge in [-0.3, -0.25) is 4.79 Å². The fourth-order valence-electron chi connectivity index (χ4n) is 2.93. The van der Waals surface area contributed by atoms with Crippen molar-refractivity contribution in [2.75, 3.05) is 5.75 Å². The fraction of sp³-hybridized carbons (Fsp3) is 0.421. The molecule has 0 bridgehead atoms. The highest BCUT2D eigenvalue weighted by atomic mass is 32.2. The van der Waals surface area contributed by atoms with Crippen LogP contribution in [0.4, 0.5) is 0 Å². The minimum atomic E-state index is 0.122. The van der Waals surface area contributed by atoms with Crippen LogP contribution < -0.4 is 10.1 Å². The molecule has 0 atom stereocenters. The summed E-state index contributed by atoms with van der Waals surface area (Å²) in [5, 5.41) is 3.14. The Hall–Kier alpha value is -2.08. The van der Waals surface area contributed by atoms with Gasteiger partial charge in [0.2, 0.25) is 5.91 Å². The molecule has 0 saturated heterocycles. The largest absolute Gasteiger partial charge is 0.460 e. The summed E-state index contributed by atoms with van der Waals surface area (Å²) < 4.78 is 5.78. The Kier molecular flexibility index (Phi) is 6.68. The number of ether oxygens (including phenoxy) is 1. The van der Waals surface area contributed by atoms with Gasteiger partial charge in [0.15, 0.2) is 0 Å². The van der Waals surface area contributed by atoms with Crippen LogP contribution in [-0.4, -0.2) is 33.8 Å². The van der Waals surface area contributed by atoms with Crippen LogP contribution in [0.25, 0.3) is 0 Å². The number of carbonyl (C=O) groups is 1. The molecule has 1 saturated carbocycles. The maximum absolute atomic E-state index is 12.1. The highest BCUT2D eigenvalue weighted by molar-refractivity contribution is 7.99. The lowest BCUT2D eigenvalue weighted by Gasteiger charge is -2.28. The van der Waals surface area contributed by atoms with Gasteiger partial charge in [-0.1, -0.05) is 30.3 Å². The molecule has 0 aliphatic heterocycles. The van der Waals surface area contributed by atoms with E-state index < -0.39 is 0 Å². The van der Waals surface area contributed by atoms with Crippen LogP contribution >= 0.6 is 11.8 Å². The van der Waals surface area contributed by atoms with Gasteiger partial charge in [-0.15, -0.1) is 11.8 Å². The van der Waals surface area contributed by atoms with Crippen molar-refractivity contribution < 1.29 is 9.53 Å². The van der Waals surface area contributed by atoms with E-state index in [4.69, 9.17) is 4.74 Å².